The molecule has 2 aromatic rings. The van der Waals surface area contributed by atoms with E-state index in [1.807, 2.05) is 12.1 Å². The highest BCUT2D eigenvalue weighted by atomic mass is 32.2. The average molecular weight is 485 g/mol. The minimum absolute atomic E-state index is 0.0340. The maximum atomic E-state index is 12.6. The van der Waals surface area contributed by atoms with Crippen LogP contribution in [0.5, 0.6) is 0 Å². The van der Waals surface area contributed by atoms with Crippen molar-refractivity contribution in [3.8, 4) is 0 Å². The first kappa shape index (κ1) is 24.0. The van der Waals surface area contributed by atoms with Gasteiger partial charge in [-0.1, -0.05) is 29.4 Å². The first-order chi connectivity index (χ1) is 16.3. The monoisotopic (exact) mass is 484 g/mol. The minimum atomic E-state index is -3.07. The number of nitroso groups, excluding NO2 is 1. The number of fused-ring (bicyclic) bond motifs is 1. The summed E-state index contributed by atoms with van der Waals surface area (Å²) in [5, 5.41) is 9.25. The maximum Gasteiger partial charge on any atom is 0.253 e. The fourth-order valence-corrected chi connectivity index (χ4v) is 5.53. The molecule has 1 heterocycles. The molecule has 1 fully saturated rings. The van der Waals surface area contributed by atoms with Crippen molar-refractivity contribution in [3.05, 3.63) is 75.7 Å². The predicted octanol–water partition coefficient (Wildman–Crippen LogP) is 1.18. The smallest absolute Gasteiger partial charge is 0.253 e. The van der Waals surface area contributed by atoms with E-state index < -0.39 is 15.9 Å². The summed E-state index contributed by atoms with van der Waals surface area (Å²) in [7, 11) is -3.07. The Kier molecular flexibility index (Phi) is 7.38. The van der Waals surface area contributed by atoms with Gasteiger partial charge in [0.15, 0.2) is 9.84 Å². The van der Waals surface area contributed by atoms with Gasteiger partial charge in [-0.2, -0.15) is 4.91 Å². The molecule has 10 heteroatoms. The highest BCUT2D eigenvalue weighted by Crippen LogP contribution is 2.21. The summed E-state index contributed by atoms with van der Waals surface area (Å²) >= 11 is 0. The minimum Gasteiger partial charge on any atom is -0.350 e. The van der Waals surface area contributed by atoms with Crippen LogP contribution >= 0.6 is 0 Å². The zero-order chi connectivity index (χ0) is 24.1. The van der Waals surface area contributed by atoms with E-state index in [0.29, 0.717) is 17.7 Å². The van der Waals surface area contributed by atoms with E-state index in [2.05, 4.69) is 27.9 Å². The van der Waals surface area contributed by atoms with Crippen molar-refractivity contribution in [2.24, 2.45) is 5.18 Å². The third kappa shape index (κ3) is 5.87. The fraction of sp³-hybridized carbons (Fsp3) is 0.417. The molecule has 1 atom stereocenters. The lowest BCUT2D eigenvalue weighted by atomic mass is 10.1. The van der Waals surface area contributed by atoms with Gasteiger partial charge in [0.25, 0.3) is 11.8 Å². The van der Waals surface area contributed by atoms with Crippen molar-refractivity contribution in [2.45, 2.75) is 24.9 Å². The van der Waals surface area contributed by atoms with Crippen LogP contribution in [0.15, 0.2) is 53.7 Å². The van der Waals surface area contributed by atoms with Crippen LogP contribution in [0.3, 0.4) is 0 Å². The van der Waals surface area contributed by atoms with Gasteiger partial charge in [-0.3, -0.25) is 9.59 Å². The van der Waals surface area contributed by atoms with E-state index in [9.17, 15) is 22.9 Å². The molecule has 34 heavy (non-hydrogen) atoms. The Morgan fingerprint density at radius 2 is 1.53 bits per heavy atom. The summed E-state index contributed by atoms with van der Waals surface area (Å²) in [5.41, 5.74) is 3.39. The van der Waals surface area contributed by atoms with Crippen LogP contribution in [-0.2, 0) is 22.7 Å². The molecule has 0 aromatic heterocycles. The second kappa shape index (κ2) is 10.4. The zero-order valence-corrected chi connectivity index (χ0v) is 19.6. The van der Waals surface area contributed by atoms with Crippen LogP contribution in [0.2, 0.25) is 0 Å². The molecule has 2 aromatic carbocycles. The van der Waals surface area contributed by atoms with E-state index in [0.717, 1.165) is 12.8 Å². The molecule has 0 spiro atoms. The van der Waals surface area contributed by atoms with Crippen LogP contribution in [0.1, 0.15) is 31.8 Å². The van der Waals surface area contributed by atoms with Crippen molar-refractivity contribution in [3.63, 3.8) is 0 Å². The summed E-state index contributed by atoms with van der Waals surface area (Å²) in [6.07, 6.45) is 1.82. The molecule has 1 aliphatic carbocycles. The van der Waals surface area contributed by atoms with Crippen LogP contribution in [0.25, 0.3) is 0 Å². The molecule has 0 unspecified atom stereocenters. The summed E-state index contributed by atoms with van der Waals surface area (Å²) in [6.45, 7) is 0.828. The fourth-order valence-electron chi connectivity index (χ4n) is 4.33. The molecular weight excluding hydrogens is 456 g/mol. The van der Waals surface area contributed by atoms with Crippen molar-refractivity contribution in [1.82, 2.24) is 15.5 Å². The molecule has 0 bridgehead atoms. The number of hydrogen-bond donors (Lipinski definition) is 2. The van der Waals surface area contributed by atoms with Gasteiger partial charge in [-0.05, 0) is 48.2 Å². The Morgan fingerprint density at radius 3 is 2.12 bits per heavy atom. The number of rotatable bonds is 8. The molecule has 180 valence electrons. The van der Waals surface area contributed by atoms with E-state index in [4.69, 9.17) is 0 Å². The molecule has 2 N–H and O–H groups in total. The third-order valence-corrected chi connectivity index (χ3v) is 7.98. The molecule has 2 aliphatic rings. The molecule has 4 rings (SSSR count). The zero-order valence-electron chi connectivity index (χ0n) is 18.8. The Hall–Kier alpha value is -3.11. The normalized spacial score (nSPS) is 18.2. The van der Waals surface area contributed by atoms with E-state index in [-0.39, 0.29) is 49.0 Å². The van der Waals surface area contributed by atoms with E-state index in [1.165, 1.54) is 16.0 Å². The number of carbonyl (C=O) groups is 2. The molecule has 1 aliphatic heterocycles. The molecular formula is C24H28N4O5S. The number of nitrogens with zero attached hydrogens (tertiary/aromatic N) is 2. The van der Waals surface area contributed by atoms with Crippen LogP contribution in [0.4, 0.5) is 0 Å². The Bertz CT molecular complexity index is 1130. The number of sulfone groups is 1. The SMILES string of the molecule is O=N[C@H](CNC(=O)c1ccc(C(=O)N2CCS(=O)(=O)CC2)cc1)CNC1Cc2ccccc2C1. The van der Waals surface area contributed by atoms with Gasteiger partial charge in [-0.15, -0.1) is 0 Å². The summed E-state index contributed by atoms with van der Waals surface area (Å²) in [6, 6.07) is 14.1. The predicted molar refractivity (Wildman–Crippen MR) is 129 cm³/mol. The van der Waals surface area contributed by atoms with Gasteiger partial charge in [0, 0.05) is 43.3 Å². The van der Waals surface area contributed by atoms with Crippen LogP contribution < -0.4 is 10.6 Å². The standard InChI is InChI=1S/C24H28N4O5S/c29-23(17-5-7-18(8-6-17)24(30)28-9-11-34(32,33)12-10-28)26-16-22(27-31)15-25-21-13-19-3-1-2-4-20(19)14-21/h1-8,21-22,25H,9-16H2,(H,26,29)/t22-/m0/s1. The van der Waals surface area contributed by atoms with E-state index >= 15 is 0 Å². The Balaban J connectivity index is 1.24. The number of hydrogen-bond acceptors (Lipinski definition) is 7. The van der Waals surface area contributed by atoms with Gasteiger partial charge < -0.3 is 15.5 Å². The van der Waals surface area contributed by atoms with Gasteiger partial charge in [0.2, 0.25) is 0 Å². The van der Waals surface area contributed by atoms with Crippen molar-refractivity contribution < 1.29 is 18.0 Å². The first-order valence-corrected chi connectivity index (χ1v) is 13.2. The quantitative estimate of drug-likeness (QED) is 0.542. The number of carbonyl (C=O) groups excluding carboxylic acids is 2. The molecule has 0 radical (unpaired) electrons. The lowest BCUT2D eigenvalue weighted by Gasteiger charge is -2.26. The average Bonchev–Trinajstić information content (AvgIpc) is 3.27. The lowest BCUT2D eigenvalue weighted by Crippen LogP contribution is -2.43. The van der Waals surface area contributed by atoms with Gasteiger partial charge in [0.05, 0.1) is 11.5 Å². The van der Waals surface area contributed by atoms with Gasteiger partial charge in [0.1, 0.15) is 6.04 Å². The van der Waals surface area contributed by atoms with Crippen molar-refractivity contribution in [2.75, 3.05) is 37.7 Å². The Labute approximate surface area is 198 Å². The highest BCUT2D eigenvalue weighted by Gasteiger charge is 2.26. The maximum absolute atomic E-state index is 12.6. The molecule has 1 saturated heterocycles. The summed E-state index contributed by atoms with van der Waals surface area (Å²) in [4.78, 5) is 37.8. The largest absolute Gasteiger partial charge is 0.350 e. The number of benzene rings is 2. The lowest BCUT2D eigenvalue weighted by molar-refractivity contribution is 0.0769. The first-order valence-electron chi connectivity index (χ1n) is 11.4. The number of amides is 2. The van der Waals surface area contributed by atoms with Crippen LogP contribution in [0, 0.1) is 4.91 Å². The van der Waals surface area contributed by atoms with E-state index in [1.54, 1.807) is 24.3 Å². The second-order valence-electron chi connectivity index (χ2n) is 8.77. The second-order valence-corrected chi connectivity index (χ2v) is 11.1. The van der Waals surface area contributed by atoms with Crippen molar-refractivity contribution >= 4 is 21.7 Å². The molecule has 0 saturated carbocycles. The highest BCUT2D eigenvalue weighted by molar-refractivity contribution is 7.91. The molecule has 9 nitrogen and oxygen atoms in total. The molecule has 2 amide bonds. The summed E-state index contributed by atoms with van der Waals surface area (Å²) < 4.78 is 23.1. The van der Waals surface area contributed by atoms with Crippen LogP contribution in [-0.4, -0.2) is 74.9 Å². The summed E-state index contributed by atoms with van der Waals surface area (Å²) in [5.74, 6) is -0.682. The topological polar surface area (TPSA) is 125 Å². The van der Waals surface area contributed by atoms with Gasteiger partial charge >= 0.3 is 0 Å². The Morgan fingerprint density at radius 1 is 0.941 bits per heavy atom. The van der Waals surface area contributed by atoms with Gasteiger partial charge in [-0.25, -0.2) is 8.42 Å². The third-order valence-electron chi connectivity index (χ3n) is 6.37. The van der Waals surface area contributed by atoms with Crippen molar-refractivity contribution in [1.29, 1.82) is 0 Å². The number of nitrogens with one attached hydrogen (secondary N) is 2.